The van der Waals surface area contributed by atoms with E-state index in [9.17, 15) is 13.2 Å². The van der Waals surface area contributed by atoms with Crippen LogP contribution in [0.2, 0.25) is 0 Å². The first kappa shape index (κ1) is 18.4. The van der Waals surface area contributed by atoms with Gasteiger partial charge in [-0.15, -0.1) is 5.10 Å². The van der Waals surface area contributed by atoms with Crippen LogP contribution in [0.3, 0.4) is 0 Å². The fourth-order valence-electron chi connectivity index (χ4n) is 4.15. The van der Waals surface area contributed by atoms with E-state index < -0.39 is 12.7 Å². The van der Waals surface area contributed by atoms with Crippen LogP contribution in [0.15, 0.2) is 10.7 Å². The van der Waals surface area contributed by atoms with Gasteiger partial charge >= 0.3 is 6.18 Å². The first-order valence-electron chi connectivity index (χ1n) is 9.51. The number of likely N-dealkylation sites (tertiary alicyclic amines) is 1. The van der Waals surface area contributed by atoms with Gasteiger partial charge in [0.25, 0.3) is 0 Å². The van der Waals surface area contributed by atoms with Gasteiger partial charge in [-0.3, -0.25) is 4.90 Å². The van der Waals surface area contributed by atoms with Gasteiger partial charge in [-0.1, -0.05) is 19.3 Å². The van der Waals surface area contributed by atoms with E-state index in [0.717, 1.165) is 42.6 Å². The minimum atomic E-state index is -4.36. The predicted molar refractivity (Wildman–Crippen MR) is 88.6 cm³/mol. The summed E-state index contributed by atoms with van der Waals surface area (Å²) in [4.78, 5) is 6.78. The van der Waals surface area contributed by atoms with Crippen LogP contribution in [0.1, 0.15) is 74.3 Å². The summed E-state index contributed by atoms with van der Waals surface area (Å²) in [5, 5.41) is 10.7. The van der Waals surface area contributed by atoms with Crippen LogP contribution in [-0.2, 0) is 13.1 Å². The highest BCUT2D eigenvalue weighted by Gasteiger charge is 2.34. The van der Waals surface area contributed by atoms with Crippen LogP contribution in [0.25, 0.3) is 0 Å². The molecule has 2 aliphatic rings. The topological polar surface area (TPSA) is 72.9 Å². The maximum Gasteiger partial charge on any atom is 0.408 e. The van der Waals surface area contributed by atoms with Crippen LogP contribution < -0.4 is 0 Å². The van der Waals surface area contributed by atoms with Crippen LogP contribution in [0, 0.1) is 0 Å². The minimum absolute atomic E-state index is 0.0432. The summed E-state index contributed by atoms with van der Waals surface area (Å²) in [5.41, 5.74) is 1.01. The van der Waals surface area contributed by atoms with Crippen molar-refractivity contribution in [3.05, 3.63) is 23.7 Å². The normalized spacial score (nSPS) is 22.6. The van der Waals surface area contributed by atoms with E-state index in [4.69, 9.17) is 9.40 Å². The number of alkyl halides is 3. The standard InChI is InChI=1S/C17H23F3N6O/c18-17(19,20)11-26-15(22-23-24-26)9-25-8-4-7-14(25)16-21-13(10-27-16)12-5-2-1-3-6-12/h10,12,14H,1-9,11H2. The lowest BCUT2D eigenvalue weighted by atomic mass is 9.87. The second kappa shape index (κ2) is 7.57. The lowest BCUT2D eigenvalue weighted by Gasteiger charge is -2.21. The summed E-state index contributed by atoms with van der Waals surface area (Å²) in [6.45, 7) is -0.182. The zero-order valence-corrected chi connectivity index (χ0v) is 15.0. The fraction of sp³-hybridized carbons (Fsp3) is 0.765. The van der Waals surface area contributed by atoms with Crippen molar-refractivity contribution < 1.29 is 17.6 Å². The van der Waals surface area contributed by atoms with E-state index >= 15 is 0 Å². The second-order valence-corrected chi connectivity index (χ2v) is 7.44. The Balaban J connectivity index is 1.45. The Bertz CT molecular complexity index is 752. The molecule has 0 aromatic carbocycles. The number of aromatic nitrogens is 5. The predicted octanol–water partition coefficient (Wildman–Crippen LogP) is 3.61. The number of oxazole rings is 1. The molecule has 1 saturated heterocycles. The Morgan fingerprint density at radius 1 is 1.11 bits per heavy atom. The van der Waals surface area contributed by atoms with Gasteiger partial charge in [-0.2, -0.15) is 13.2 Å². The molecule has 27 heavy (non-hydrogen) atoms. The molecule has 2 aromatic heterocycles. The van der Waals surface area contributed by atoms with E-state index in [0.29, 0.717) is 11.8 Å². The molecule has 148 valence electrons. The summed E-state index contributed by atoms with van der Waals surface area (Å²) < 4.78 is 44.6. The largest absolute Gasteiger partial charge is 0.447 e. The molecule has 4 rings (SSSR count). The van der Waals surface area contributed by atoms with Crippen LogP contribution in [0.5, 0.6) is 0 Å². The number of halogens is 3. The van der Waals surface area contributed by atoms with E-state index in [2.05, 4.69) is 20.4 Å². The first-order valence-corrected chi connectivity index (χ1v) is 9.51. The molecular weight excluding hydrogens is 361 g/mol. The highest BCUT2D eigenvalue weighted by Crippen LogP contribution is 2.36. The Hall–Kier alpha value is -1.97. The lowest BCUT2D eigenvalue weighted by Crippen LogP contribution is -2.27. The minimum Gasteiger partial charge on any atom is -0.447 e. The quantitative estimate of drug-likeness (QED) is 0.784. The Morgan fingerprint density at radius 2 is 1.93 bits per heavy atom. The van der Waals surface area contributed by atoms with E-state index in [1.807, 2.05) is 0 Å². The lowest BCUT2D eigenvalue weighted by molar-refractivity contribution is -0.143. The molecular formula is C17H23F3N6O. The third-order valence-corrected chi connectivity index (χ3v) is 5.49. The molecule has 3 heterocycles. The zero-order chi connectivity index (χ0) is 18.9. The third-order valence-electron chi connectivity index (χ3n) is 5.49. The number of hydrogen-bond acceptors (Lipinski definition) is 6. The fourth-order valence-corrected chi connectivity index (χ4v) is 4.15. The molecule has 1 saturated carbocycles. The van der Waals surface area contributed by atoms with Crippen LogP contribution in [0.4, 0.5) is 13.2 Å². The van der Waals surface area contributed by atoms with Crippen molar-refractivity contribution in [1.82, 2.24) is 30.1 Å². The van der Waals surface area contributed by atoms with Gasteiger partial charge in [0, 0.05) is 5.92 Å². The molecule has 1 aliphatic carbocycles. The molecule has 1 unspecified atom stereocenters. The van der Waals surface area contributed by atoms with Gasteiger partial charge in [-0.05, 0) is 42.7 Å². The summed E-state index contributed by atoms with van der Waals surface area (Å²) in [6.07, 6.45) is 5.23. The van der Waals surface area contributed by atoms with Crippen molar-refractivity contribution in [3.63, 3.8) is 0 Å². The van der Waals surface area contributed by atoms with E-state index in [-0.39, 0.29) is 18.4 Å². The monoisotopic (exact) mass is 384 g/mol. The van der Waals surface area contributed by atoms with Gasteiger partial charge in [0.1, 0.15) is 12.8 Å². The van der Waals surface area contributed by atoms with Gasteiger partial charge in [0.2, 0.25) is 5.89 Å². The van der Waals surface area contributed by atoms with Crippen molar-refractivity contribution in [1.29, 1.82) is 0 Å². The summed E-state index contributed by atoms with van der Waals surface area (Å²) in [5.74, 6) is 1.33. The van der Waals surface area contributed by atoms with Crippen molar-refractivity contribution in [2.45, 2.75) is 76.2 Å². The van der Waals surface area contributed by atoms with Crippen molar-refractivity contribution in [3.8, 4) is 0 Å². The number of rotatable bonds is 5. The van der Waals surface area contributed by atoms with Crippen LogP contribution in [-0.4, -0.2) is 42.8 Å². The maximum absolute atomic E-state index is 12.7. The molecule has 2 fully saturated rings. The molecule has 10 heteroatoms. The van der Waals surface area contributed by atoms with Gasteiger partial charge in [0.05, 0.1) is 18.3 Å². The van der Waals surface area contributed by atoms with Crippen molar-refractivity contribution in [2.75, 3.05) is 6.54 Å². The summed E-state index contributed by atoms with van der Waals surface area (Å²) >= 11 is 0. The van der Waals surface area contributed by atoms with Crippen LogP contribution >= 0.6 is 0 Å². The maximum atomic E-state index is 12.7. The van der Waals surface area contributed by atoms with Gasteiger partial charge < -0.3 is 4.42 Å². The second-order valence-electron chi connectivity index (χ2n) is 7.44. The summed E-state index contributed by atoms with van der Waals surface area (Å²) in [7, 11) is 0. The SMILES string of the molecule is FC(F)(F)Cn1nnnc1CN1CCCC1c1nc(C2CCCCC2)co1. The third kappa shape index (κ3) is 4.31. The van der Waals surface area contributed by atoms with E-state index in [1.165, 1.54) is 19.3 Å². The smallest absolute Gasteiger partial charge is 0.408 e. The highest BCUT2D eigenvalue weighted by atomic mass is 19.4. The number of hydrogen-bond donors (Lipinski definition) is 0. The molecule has 2 aromatic rings. The van der Waals surface area contributed by atoms with Crippen molar-refractivity contribution >= 4 is 0 Å². The van der Waals surface area contributed by atoms with Gasteiger partial charge in [-0.25, -0.2) is 9.67 Å². The average Bonchev–Trinajstić information content (AvgIpc) is 3.36. The molecule has 1 atom stereocenters. The molecule has 0 bridgehead atoms. The Labute approximate surface area is 154 Å². The Morgan fingerprint density at radius 3 is 2.70 bits per heavy atom. The molecule has 7 nitrogen and oxygen atoms in total. The molecule has 0 radical (unpaired) electrons. The molecule has 0 amide bonds. The highest BCUT2D eigenvalue weighted by molar-refractivity contribution is 5.08. The zero-order valence-electron chi connectivity index (χ0n) is 15.0. The molecule has 0 N–H and O–H groups in total. The first-order chi connectivity index (χ1) is 13.0. The Kier molecular flexibility index (Phi) is 5.16. The molecule has 0 spiro atoms. The summed E-state index contributed by atoms with van der Waals surface area (Å²) in [6, 6.07) is -0.0432. The van der Waals surface area contributed by atoms with Crippen molar-refractivity contribution in [2.24, 2.45) is 0 Å². The van der Waals surface area contributed by atoms with Gasteiger partial charge in [0.15, 0.2) is 5.82 Å². The molecule has 1 aliphatic heterocycles. The average molecular weight is 384 g/mol. The number of tetrazole rings is 1. The van der Waals surface area contributed by atoms with E-state index in [1.54, 1.807) is 6.26 Å². The number of nitrogens with zero attached hydrogens (tertiary/aromatic N) is 6.